The number of rotatable bonds is 13. The molecule has 0 spiro atoms. The van der Waals surface area contributed by atoms with Gasteiger partial charge in [-0.15, -0.1) is 0 Å². The minimum Gasteiger partial charge on any atom is -0.388 e. The van der Waals surface area contributed by atoms with Crippen LogP contribution < -0.4 is 10.6 Å². The molecule has 0 bridgehead atoms. The third-order valence-corrected chi connectivity index (χ3v) is 4.31. The van der Waals surface area contributed by atoms with E-state index < -0.39 is 51.1 Å². The monoisotopic (exact) mass is 409 g/mol. The van der Waals surface area contributed by atoms with Gasteiger partial charge in [-0.3, -0.25) is 10.6 Å². The highest BCUT2D eigenvalue weighted by atomic mass is 32.1. The largest absolute Gasteiger partial charge is 0.567 e. The zero-order valence-electron chi connectivity index (χ0n) is 14.1. The van der Waals surface area contributed by atoms with E-state index in [1.807, 2.05) is 0 Å². The average molecular weight is 409 g/mol. The van der Waals surface area contributed by atoms with Crippen LogP contribution in [-0.4, -0.2) is 90.0 Å². The van der Waals surface area contributed by atoms with Crippen molar-refractivity contribution in [2.24, 2.45) is 5.41 Å². The highest BCUT2D eigenvalue weighted by molar-refractivity contribution is 7.80. The predicted molar refractivity (Wildman–Crippen MR) is 93.0 cm³/mol. The van der Waals surface area contributed by atoms with Crippen LogP contribution in [-0.2, 0) is 4.52 Å². The van der Waals surface area contributed by atoms with E-state index >= 15 is 0 Å². The van der Waals surface area contributed by atoms with Crippen molar-refractivity contribution in [1.82, 2.24) is 10.6 Å². The van der Waals surface area contributed by atoms with Crippen LogP contribution in [0, 0.1) is 5.41 Å². The molecule has 0 aliphatic rings. The van der Waals surface area contributed by atoms with Crippen LogP contribution in [0.4, 0.5) is 0 Å². The first-order valence-corrected chi connectivity index (χ1v) is 9.72. The first-order valence-electron chi connectivity index (χ1n) is 7.52. The highest BCUT2D eigenvalue weighted by Crippen LogP contribution is 2.47. The predicted octanol–water partition coefficient (Wildman–Crippen LogP) is -3.14. The van der Waals surface area contributed by atoms with Gasteiger partial charge in [-0.2, -0.15) is 31.8 Å². The van der Waals surface area contributed by atoms with E-state index in [0.717, 1.165) is 0 Å². The van der Waals surface area contributed by atoms with Crippen molar-refractivity contribution < 1.29 is 44.7 Å². The first-order chi connectivity index (χ1) is 11.3. The van der Waals surface area contributed by atoms with Gasteiger partial charge in [-0.25, -0.2) is 0 Å². The minimum absolute atomic E-state index is 0.0705. The number of aliphatic hydroxyl groups is 5. The summed E-state index contributed by atoms with van der Waals surface area (Å²) in [7, 11) is -4.44. The Kier molecular flexibility index (Phi) is 11.4. The molecule has 3 unspecified atom stereocenters. The Labute approximate surface area is 152 Å². The van der Waals surface area contributed by atoms with Crippen molar-refractivity contribution in [1.29, 1.82) is 0 Å². The molecule has 0 radical (unpaired) electrons. The topological polar surface area (TPSA) is 195 Å². The summed E-state index contributed by atoms with van der Waals surface area (Å²) in [5.74, 6) is 0.0857. The van der Waals surface area contributed by atoms with Gasteiger partial charge in [0.15, 0.2) is 6.29 Å². The van der Waals surface area contributed by atoms with Gasteiger partial charge in [0.05, 0.1) is 6.04 Å². The maximum Gasteiger partial charge on any atom is 0.567 e. The minimum atomic E-state index is -4.44. The summed E-state index contributed by atoms with van der Waals surface area (Å²) >= 11 is 3.91. The molecule has 4 atom stereocenters. The lowest BCUT2D eigenvalue weighted by molar-refractivity contribution is -0.0857. The average Bonchev–Trinajstić information content (AvgIpc) is 2.48. The van der Waals surface area contributed by atoms with E-state index in [9.17, 15) is 15.3 Å². The fourth-order valence-electron chi connectivity index (χ4n) is 1.81. The van der Waals surface area contributed by atoms with Gasteiger partial charge in [-0.1, -0.05) is 13.8 Å². The normalized spacial score (nSPS) is 18.2. The summed E-state index contributed by atoms with van der Waals surface area (Å²) in [6.45, 7) is 2.61. The lowest BCUT2D eigenvalue weighted by Gasteiger charge is -2.33. The molecule has 0 amide bonds. The maximum absolute atomic E-state index is 10.1. The molecular weight excluding hydrogens is 379 g/mol. The van der Waals surface area contributed by atoms with Crippen LogP contribution in [0.3, 0.4) is 0 Å². The first kappa shape index (κ1) is 25.3. The van der Waals surface area contributed by atoms with Gasteiger partial charge in [0, 0.05) is 17.7 Å². The van der Waals surface area contributed by atoms with Crippen molar-refractivity contribution >= 4 is 20.8 Å². The second-order valence-electron chi connectivity index (χ2n) is 6.29. The molecule has 13 heteroatoms. The highest BCUT2D eigenvalue weighted by Gasteiger charge is 2.41. The molecule has 25 heavy (non-hydrogen) atoms. The van der Waals surface area contributed by atoms with Gasteiger partial charge in [0.2, 0.25) is 0 Å². The quantitative estimate of drug-likeness (QED) is 0.0835. The van der Waals surface area contributed by atoms with Gasteiger partial charge < -0.3 is 25.5 Å². The van der Waals surface area contributed by atoms with Gasteiger partial charge in [0.25, 0.3) is 0 Å². The Morgan fingerprint density at radius 3 is 2.08 bits per heavy atom. The van der Waals surface area contributed by atoms with Crippen molar-refractivity contribution in [3.8, 4) is 0 Å². The van der Waals surface area contributed by atoms with Gasteiger partial charge in [0.1, 0.15) is 25.2 Å². The Hall–Kier alpha value is 0.340. The Bertz CT molecular complexity index is 373. The molecule has 0 aliphatic heterocycles. The Balaban J connectivity index is 4.29. The van der Waals surface area contributed by atoms with E-state index in [4.69, 9.17) is 24.9 Å². The number of nitrogens with one attached hydrogen (secondary N) is 2. The standard InChI is InChI=1S/C12H29N2O9PS/c1-12(2,6-23-24(20,21)22)9(16)10(17)13-4-3-8(15)14-7(5-25)11(18)19/h7-11,13-22H,3-6H2,1-2H3/p+1/t7?,8?,9-,10?/m0/s1. The summed E-state index contributed by atoms with van der Waals surface area (Å²) in [6.07, 6.45) is -5.51. The van der Waals surface area contributed by atoms with Gasteiger partial charge >= 0.3 is 8.17 Å². The van der Waals surface area contributed by atoms with Gasteiger partial charge in [-0.05, 0) is 6.42 Å². The van der Waals surface area contributed by atoms with Crippen LogP contribution >= 0.6 is 20.8 Å². The zero-order chi connectivity index (χ0) is 19.8. The van der Waals surface area contributed by atoms with Crippen LogP contribution in [0.5, 0.6) is 0 Å². The maximum atomic E-state index is 10.1. The summed E-state index contributed by atoms with van der Waals surface area (Å²) in [6, 6.07) is -0.830. The molecule has 0 fully saturated rings. The van der Waals surface area contributed by atoms with Crippen molar-refractivity contribution in [2.75, 3.05) is 18.9 Å². The molecule has 0 aromatic heterocycles. The van der Waals surface area contributed by atoms with Crippen LogP contribution in [0.2, 0.25) is 0 Å². The SMILES string of the molecule is CC(C)(CO[P+](O)(O)O)[C@@H](O)C(O)NCCC(O)NC(CS)C(O)O. The van der Waals surface area contributed by atoms with Crippen molar-refractivity contribution in [3.63, 3.8) is 0 Å². The number of hydrogen-bond acceptors (Lipinski definition) is 12. The molecule has 0 saturated carbocycles. The van der Waals surface area contributed by atoms with E-state index in [-0.39, 0.29) is 18.7 Å². The summed E-state index contributed by atoms with van der Waals surface area (Å²) in [5.41, 5.74) is -1.12. The third-order valence-electron chi connectivity index (χ3n) is 3.44. The molecule has 0 aromatic carbocycles. The smallest absolute Gasteiger partial charge is 0.388 e. The zero-order valence-corrected chi connectivity index (χ0v) is 15.9. The fraction of sp³-hybridized carbons (Fsp3) is 1.00. The van der Waals surface area contributed by atoms with Crippen LogP contribution in [0.15, 0.2) is 0 Å². The molecule has 152 valence electrons. The van der Waals surface area contributed by atoms with E-state index in [1.165, 1.54) is 13.8 Å². The number of hydrogen-bond donors (Lipinski definition) is 11. The Morgan fingerprint density at radius 2 is 1.64 bits per heavy atom. The summed E-state index contributed by atoms with van der Waals surface area (Å²) < 4.78 is 4.46. The molecule has 0 saturated heterocycles. The molecule has 0 heterocycles. The van der Waals surface area contributed by atoms with E-state index in [0.29, 0.717) is 0 Å². The number of aliphatic hydroxyl groups excluding tert-OH is 4. The van der Waals surface area contributed by atoms with E-state index in [2.05, 4.69) is 27.8 Å². The lowest BCUT2D eigenvalue weighted by Crippen LogP contribution is -2.51. The van der Waals surface area contributed by atoms with Crippen LogP contribution in [0.1, 0.15) is 20.3 Å². The molecule has 0 rings (SSSR count). The second-order valence-corrected chi connectivity index (χ2v) is 7.94. The Morgan fingerprint density at radius 1 is 1.08 bits per heavy atom. The van der Waals surface area contributed by atoms with Crippen LogP contribution in [0.25, 0.3) is 0 Å². The van der Waals surface area contributed by atoms with Crippen molar-refractivity contribution in [3.05, 3.63) is 0 Å². The molecule has 0 aliphatic carbocycles. The second kappa shape index (κ2) is 11.2. The van der Waals surface area contributed by atoms with Crippen molar-refractivity contribution in [2.45, 2.75) is 51.2 Å². The van der Waals surface area contributed by atoms with E-state index in [1.54, 1.807) is 0 Å². The summed E-state index contributed by atoms with van der Waals surface area (Å²) in [5, 5.41) is 52.9. The molecule has 10 N–H and O–H groups in total. The lowest BCUT2D eigenvalue weighted by atomic mass is 9.86. The molecule has 0 aromatic rings. The summed E-state index contributed by atoms with van der Waals surface area (Å²) in [4.78, 5) is 26.4. The third kappa shape index (κ3) is 10.9. The molecule has 11 nitrogen and oxygen atoms in total. The fourth-order valence-corrected chi connectivity index (χ4v) is 2.61. The number of thiol groups is 1. The molecular formula is C12H30N2O9PS+.